The molecule has 1 aromatic carbocycles. The van der Waals surface area contributed by atoms with Crippen LogP contribution in [-0.4, -0.2) is 22.8 Å². The number of ether oxygens (including phenoxy) is 1. The van der Waals surface area contributed by atoms with Crippen LogP contribution in [0.2, 0.25) is 0 Å². The van der Waals surface area contributed by atoms with Crippen LogP contribution in [0, 0.1) is 0 Å². The minimum Gasteiger partial charge on any atom is -0.494 e. The highest BCUT2D eigenvalue weighted by atomic mass is 16.5. The van der Waals surface area contributed by atoms with Gasteiger partial charge in [0.1, 0.15) is 5.75 Å². The molecule has 0 radical (unpaired) electrons. The Hall–Kier alpha value is -3.01. The SMILES string of the molecule is COc1cc(-c2cc3ccccc3[nH]2)[nH]c1C(C)=C1C=CC(C)=N1. The lowest BCUT2D eigenvalue weighted by Gasteiger charge is -2.04. The van der Waals surface area contributed by atoms with Crippen molar-refractivity contribution in [2.24, 2.45) is 4.99 Å². The molecular weight excluding hydrogens is 298 g/mol. The van der Waals surface area contributed by atoms with Crippen LogP contribution in [0.1, 0.15) is 19.5 Å². The lowest BCUT2D eigenvalue weighted by Crippen LogP contribution is -1.89. The van der Waals surface area contributed by atoms with Gasteiger partial charge >= 0.3 is 0 Å². The lowest BCUT2D eigenvalue weighted by atomic mass is 10.1. The number of benzene rings is 1. The Bertz CT molecular complexity index is 982. The second-order valence-electron chi connectivity index (χ2n) is 5.99. The van der Waals surface area contributed by atoms with Gasteiger partial charge in [0.15, 0.2) is 0 Å². The number of aliphatic imine (C=N–C) groups is 1. The van der Waals surface area contributed by atoms with Crippen molar-refractivity contribution in [3.63, 3.8) is 0 Å². The molecule has 3 heterocycles. The third-order valence-electron chi connectivity index (χ3n) is 4.36. The Morgan fingerprint density at radius 1 is 1.04 bits per heavy atom. The van der Waals surface area contributed by atoms with Gasteiger partial charge in [-0.1, -0.05) is 18.2 Å². The van der Waals surface area contributed by atoms with Gasteiger partial charge in [0.05, 0.1) is 29.9 Å². The van der Waals surface area contributed by atoms with Crippen LogP contribution in [0.5, 0.6) is 5.75 Å². The number of methoxy groups -OCH3 is 1. The van der Waals surface area contributed by atoms with Gasteiger partial charge in [-0.2, -0.15) is 0 Å². The molecular formula is C20H19N3O. The number of rotatable bonds is 3. The van der Waals surface area contributed by atoms with Crippen LogP contribution in [0.3, 0.4) is 0 Å². The van der Waals surface area contributed by atoms with E-state index in [4.69, 9.17) is 4.74 Å². The molecule has 4 rings (SSSR count). The standard InChI is InChI=1S/C20H19N3O/c1-12-8-9-15(21-12)13(2)20-19(24-3)11-18(23-20)17-10-14-6-4-5-7-16(14)22-17/h4-11,22-23H,1-3H3. The second kappa shape index (κ2) is 5.57. The van der Waals surface area contributed by atoms with E-state index in [1.807, 2.05) is 37.3 Å². The van der Waals surface area contributed by atoms with Gasteiger partial charge in [-0.3, -0.25) is 4.99 Å². The van der Waals surface area contributed by atoms with Crippen molar-refractivity contribution in [3.05, 3.63) is 59.9 Å². The fourth-order valence-corrected chi connectivity index (χ4v) is 3.04. The summed E-state index contributed by atoms with van der Waals surface area (Å²) in [6.07, 6.45) is 4.06. The number of aromatic amines is 2. The quantitative estimate of drug-likeness (QED) is 0.707. The van der Waals surface area contributed by atoms with Gasteiger partial charge in [-0.05, 0) is 38.1 Å². The number of fused-ring (bicyclic) bond motifs is 1. The topological polar surface area (TPSA) is 53.2 Å². The fourth-order valence-electron chi connectivity index (χ4n) is 3.04. The Morgan fingerprint density at radius 3 is 2.54 bits per heavy atom. The molecule has 4 nitrogen and oxygen atoms in total. The molecule has 1 aliphatic rings. The highest BCUT2D eigenvalue weighted by Crippen LogP contribution is 2.34. The molecule has 120 valence electrons. The summed E-state index contributed by atoms with van der Waals surface area (Å²) in [5, 5.41) is 1.19. The molecule has 2 N–H and O–H groups in total. The molecule has 2 aromatic heterocycles. The molecule has 0 saturated heterocycles. The first-order chi connectivity index (χ1) is 11.7. The number of hydrogen-bond donors (Lipinski definition) is 2. The van der Waals surface area contributed by atoms with E-state index in [9.17, 15) is 0 Å². The average Bonchev–Trinajstić information content (AvgIpc) is 3.30. The van der Waals surface area contributed by atoms with Crippen LogP contribution in [0.15, 0.2) is 59.2 Å². The molecule has 1 aliphatic heterocycles. The molecule has 0 atom stereocenters. The zero-order chi connectivity index (χ0) is 16.7. The van der Waals surface area contributed by atoms with Crippen molar-refractivity contribution in [1.29, 1.82) is 0 Å². The second-order valence-corrected chi connectivity index (χ2v) is 5.99. The minimum absolute atomic E-state index is 0.821. The third kappa shape index (κ3) is 2.36. The number of hydrogen-bond acceptors (Lipinski definition) is 2. The summed E-state index contributed by atoms with van der Waals surface area (Å²) in [4.78, 5) is 11.5. The van der Waals surface area contributed by atoms with Crippen LogP contribution in [-0.2, 0) is 0 Å². The van der Waals surface area contributed by atoms with Crippen molar-refractivity contribution in [3.8, 4) is 17.1 Å². The highest BCUT2D eigenvalue weighted by Gasteiger charge is 2.16. The van der Waals surface area contributed by atoms with E-state index in [-0.39, 0.29) is 0 Å². The average molecular weight is 317 g/mol. The molecule has 0 aliphatic carbocycles. The summed E-state index contributed by atoms with van der Waals surface area (Å²) in [5.74, 6) is 0.821. The van der Waals surface area contributed by atoms with Gasteiger partial charge in [-0.25, -0.2) is 0 Å². The van der Waals surface area contributed by atoms with Crippen LogP contribution in [0.4, 0.5) is 0 Å². The number of para-hydroxylation sites is 1. The first-order valence-electron chi connectivity index (χ1n) is 7.95. The maximum Gasteiger partial charge on any atom is 0.144 e. The zero-order valence-electron chi connectivity index (χ0n) is 14.0. The number of H-pyrrole nitrogens is 2. The Balaban J connectivity index is 1.82. The van der Waals surface area contributed by atoms with Crippen LogP contribution >= 0.6 is 0 Å². The molecule has 4 heteroatoms. The molecule has 0 amide bonds. The number of aromatic nitrogens is 2. The first-order valence-corrected chi connectivity index (χ1v) is 7.95. The van der Waals surface area contributed by atoms with Gasteiger partial charge in [0, 0.05) is 28.3 Å². The van der Waals surface area contributed by atoms with E-state index >= 15 is 0 Å². The van der Waals surface area contributed by atoms with E-state index in [0.29, 0.717) is 0 Å². The van der Waals surface area contributed by atoms with Crippen LogP contribution in [0.25, 0.3) is 27.9 Å². The van der Waals surface area contributed by atoms with E-state index in [0.717, 1.165) is 45.3 Å². The maximum atomic E-state index is 5.58. The number of nitrogens with one attached hydrogen (secondary N) is 2. The van der Waals surface area contributed by atoms with Gasteiger partial charge in [0.2, 0.25) is 0 Å². The smallest absolute Gasteiger partial charge is 0.144 e. The molecule has 24 heavy (non-hydrogen) atoms. The molecule has 0 spiro atoms. The summed E-state index contributed by atoms with van der Waals surface area (Å²) < 4.78 is 5.58. The predicted molar refractivity (Wildman–Crippen MR) is 99.5 cm³/mol. The number of nitrogens with zero attached hydrogens (tertiary/aromatic N) is 1. The summed E-state index contributed by atoms with van der Waals surface area (Å²) in [5.41, 5.74) is 7.19. The third-order valence-corrected chi connectivity index (χ3v) is 4.36. The predicted octanol–water partition coefficient (Wildman–Crippen LogP) is 4.93. The van der Waals surface area contributed by atoms with Gasteiger partial charge < -0.3 is 14.7 Å². The highest BCUT2D eigenvalue weighted by molar-refractivity contribution is 5.98. The van der Waals surface area contributed by atoms with E-state index in [2.05, 4.69) is 40.1 Å². The molecule has 0 bridgehead atoms. The maximum absolute atomic E-state index is 5.58. The Kier molecular flexibility index (Phi) is 3.38. The monoisotopic (exact) mass is 317 g/mol. The molecule has 3 aromatic rings. The summed E-state index contributed by atoms with van der Waals surface area (Å²) in [7, 11) is 1.69. The summed E-state index contributed by atoms with van der Waals surface area (Å²) >= 11 is 0. The fraction of sp³-hybridized carbons (Fsp3) is 0.150. The van der Waals surface area contributed by atoms with Gasteiger partial charge in [0.25, 0.3) is 0 Å². The number of allylic oxidation sites excluding steroid dienone is 3. The van der Waals surface area contributed by atoms with E-state index in [1.165, 1.54) is 5.39 Å². The van der Waals surface area contributed by atoms with Crippen molar-refractivity contribution in [2.75, 3.05) is 7.11 Å². The first kappa shape index (κ1) is 14.6. The lowest BCUT2D eigenvalue weighted by molar-refractivity contribution is 0.414. The minimum atomic E-state index is 0.821. The van der Waals surface area contributed by atoms with Crippen molar-refractivity contribution >= 4 is 22.2 Å². The molecule has 0 saturated carbocycles. The molecule has 0 unspecified atom stereocenters. The van der Waals surface area contributed by atoms with E-state index in [1.54, 1.807) is 7.11 Å². The van der Waals surface area contributed by atoms with Crippen molar-refractivity contribution in [1.82, 2.24) is 9.97 Å². The zero-order valence-corrected chi connectivity index (χ0v) is 14.0. The Labute approximate surface area is 140 Å². The normalized spacial score (nSPS) is 15.9. The van der Waals surface area contributed by atoms with Crippen molar-refractivity contribution in [2.45, 2.75) is 13.8 Å². The largest absolute Gasteiger partial charge is 0.494 e. The van der Waals surface area contributed by atoms with Gasteiger partial charge in [-0.15, -0.1) is 0 Å². The van der Waals surface area contributed by atoms with Crippen LogP contribution < -0.4 is 4.74 Å². The van der Waals surface area contributed by atoms with Crippen molar-refractivity contribution < 1.29 is 4.74 Å². The Morgan fingerprint density at radius 2 is 1.83 bits per heavy atom. The molecule has 0 fully saturated rings. The summed E-state index contributed by atoms with van der Waals surface area (Å²) in [6, 6.07) is 12.4. The van der Waals surface area contributed by atoms with E-state index < -0.39 is 0 Å². The summed E-state index contributed by atoms with van der Waals surface area (Å²) in [6.45, 7) is 4.06.